The Morgan fingerprint density at radius 1 is 1.29 bits per heavy atom. The summed E-state index contributed by atoms with van der Waals surface area (Å²) in [7, 11) is 0. The van der Waals surface area contributed by atoms with Crippen molar-refractivity contribution in [3.8, 4) is 0 Å². The number of allylic oxidation sites excluding steroid dienone is 10. The van der Waals surface area contributed by atoms with E-state index in [0.29, 0.717) is 5.92 Å². The average molecular weight is 184 g/mol. The van der Waals surface area contributed by atoms with Gasteiger partial charge in [0.05, 0.1) is 0 Å². The number of hydrogen-bond donors (Lipinski definition) is 0. The van der Waals surface area contributed by atoms with Gasteiger partial charge in [-0.25, -0.2) is 0 Å². The lowest BCUT2D eigenvalue weighted by Crippen LogP contribution is -1.94. The first-order chi connectivity index (χ1) is 6.86. The largest absolute Gasteiger partial charge is 0.0805 e. The van der Waals surface area contributed by atoms with Gasteiger partial charge >= 0.3 is 0 Å². The zero-order chi connectivity index (χ0) is 9.80. The van der Waals surface area contributed by atoms with Crippen LogP contribution in [0, 0.1) is 5.92 Å². The van der Waals surface area contributed by atoms with Crippen LogP contribution < -0.4 is 0 Å². The average Bonchev–Trinajstić information content (AvgIpc) is 2.87. The highest BCUT2D eigenvalue weighted by Gasteiger charge is 2.06. The van der Waals surface area contributed by atoms with E-state index in [1.165, 1.54) is 11.1 Å². The molecule has 1 atom stereocenters. The van der Waals surface area contributed by atoms with Gasteiger partial charge in [0.2, 0.25) is 0 Å². The second kappa shape index (κ2) is 4.28. The van der Waals surface area contributed by atoms with Gasteiger partial charge in [-0.05, 0) is 29.9 Å². The molecule has 72 valence electrons. The van der Waals surface area contributed by atoms with Gasteiger partial charge in [-0.15, -0.1) is 0 Å². The Hall–Kier alpha value is -1.30. The predicted molar refractivity (Wildman–Crippen MR) is 62.0 cm³/mol. The summed E-state index contributed by atoms with van der Waals surface area (Å²) in [5.74, 6) is 0.656. The number of hydrogen-bond acceptors (Lipinski definition) is 0. The molecule has 0 aliphatic heterocycles. The second-order valence-electron chi connectivity index (χ2n) is 3.90. The van der Waals surface area contributed by atoms with E-state index in [0.717, 1.165) is 12.8 Å². The van der Waals surface area contributed by atoms with Crippen LogP contribution in [0.15, 0.2) is 59.8 Å². The SMILES string of the molecule is CC(CC=C1C=CC=C1)C1=CCC=C1. The van der Waals surface area contributed by atoms with Crippen molar-refractivity contribution in [2.45, 2.75) is 19.8 Å². The van der Waals surface area contributed by atoms with Crippen molar-refractivity contribution in [1.82, 2.24) is 0 Å². The lowest BCUT2D eigenvalue weighted by atomic mass is 9.97. The van der Waals surface area contributed by atoms with Crippen molar-refractivity contribution in [1.29, 1.82) is 0 Å². The quantitative estimate of drug-likeness (QED) is 0.623. The summed E-state index contributed by atoms with van der Waals surface area (Å²) in [5, 5.41) is 0. The van der Waals surface area contributed by atoms with Crippen LogP contribution in [-0.2, 0) is 0 Å². The lowest BCUT2D eigenvalue weighted by Gasteiger charge is -2.08. The molecule has 0 aromatic heterocycles. The van der Waals surface area contributed by atoms with E-state index in [1.54, 1.807) is 0 Å². The monoisotopic (exact) mass is 184 g/mol. The van der Waals surface area contributed by atoms with Gasteiger partial charge in [0.25, 0.3) is 0 Å². The van der Waals surface area contributed by atoms with Crippen LogP contribution in [0.5, 0.6) is 0 Å². The van der Waals surface area contributed by atoms with Crippen LogP contribution in [0.25, 0.3) is 0 Å². The van der Waals surface area contributed by atoms with E-state index in [2.05, 4.69) is 55.5 Å². The third kappa shape index (κ3) is 2.14. The van der Waals surface area contributed by atoms with Crippen molar-refractivity contribution in [2.75, 3.05) is 0 Å². The smallest absolute Gasteiger partial charge is 0.0159 e. The Morgan fingerprint density at radius 3 is 2.71 bits per heavy atom. The van der Waals surface area contributed by atoms with Crippen LogP contribution in [0.1, 0.15) is 19.8 Å². The molecule has 14 heavy (non-hydrogen) atoms. The molecule has 0 aromatic rings. The standard InChI is InChI=1S/C14H16/c1-12(14-8-4-5-9-14)10-11-13-6-2-3-7-13/h2-4,6-9,11-12H,5,10H2,1H3. The van der Waals surface area contributed by atoms with E-state index < -0.39 is 0 Å². The van der Waals surface area contributed by atoms with E-state index >= 15 is 0 Å². The molecular formula is C14H16. The highest BCUT2D eigenvalue weighted by Crippen LogP contribution is 2.22. The maximum atomic E-state index is 2.32. The van der Waals surface area contributed by atoms with Crippen molar-refractivity contribution in [2.24, 2.45) is 5.92 Å². The molecule has 0 heteroatoms. The lowest BCUT2D eigenvalue weighted by molar-refractivity contribution is 0.712. The maximum Gasteiger partial charge on any atom is -0.0159 e. The van der Waals surface area contributed by atoms with Crippen LogP contribution in [0.4, 0.5) is 0 Å². The van der Waals surface area contributed by atoms with E-state index in [9.17, 15) is 0 Å². The molecule has 0 bridgehead atoms. The first-order valence-electron chi connectivity index (χ1n) is 5.28. The summed E-state index contributed by atoms with van der Waals surface area (Å²) in [6.07, 6.45) is 19.9. The maximum absolute atomic E-state index is 2.32. The minimum atomic E-state index is 0.656. The van der Waals surface area contributed by atoms with Crippen LogP contribution in [-0.4, -0.2) is 0 Å². The number of rotatable bonds is 3. The van der Waals surface area contributed by atoms with E-state index in [4.69, 9.17) is 0 Å². The third-order valence-corrected chi connectivity index (χ3v) is 2.76. The first kappa shape index (κ1) is 9.26. The third-order valence-electron chi connectivity index (χ3n) is 2.76. The molecule has 0 radical (unpaired) electrons. The molecule has 0 saturated heterocycles. The molecule has 0 heterocycles. The van der Waals surface area contributed by atoms with Gasteiger partial charge in [0.1, 0.15) is 0 Å². The zero-order valence-electron chi connectivity index (χ0n) is 8.61. The molecule has 0 nitrogen and oxygen atoms in total. The van der Waals surface area contributed by atoms with Gasteiger partial charge in [0, 0.05) is 0 Å². The van der Waals surface area contributed by atoms with Gasteiger partial charge in [0.15, 0.2) is 0 Å². The van der Waals surface area contributed by atoms with Crippen molar-refractivity contribution >= 4 is 0 Å². The minimum Gasteiger partial charge on any atom is -0.0805 e. The normalized spacial score (nSPS) is 20.4. The van der Waals surface area contributed by atoms with Gasteiger partial charge < -0.3 is 0 Å². The molecule has 0 fully saturated rings. The fourth-order valence-electron chi connectivity index (χ4n) is 1.82. The Morgan fingerprint density at radius 2 is 2.07 bits per heavy atom. The molecule has 0 N–H and O–H groups in total. The van der Waals surface area contributed by atoms with Crippen molar-refractivity contribution < 1.29 is 0 Å². The summed E-state index contributed by atoms with van der Waals surface area (Å²) in [4.78, 5) is 0. The minimum absolute atomic E-state index is 0.656. The first-order valence-corrected chi connectivity index (χ1v) is 5.28. The fraction of sp³-hybridized carbons (Fsp3) is 0.286. The highest BCUT2D eigenvalue weighted by atomic mass is 14.1. The van der Waals surface area contributed by atoms with E-state index in [1.807, 2.05) is 0 Å². The molecule has 2 rings (SSSR count). The van der Waals surface area contributed by atoms with Crippen LogP contribution >= 0.6 is 0 Å². The molecule has 2 aliphatic carbocycles. The summed E-state index contributed by atoms with van der Waals surface area (Å²) < 4.78 is 0. The molecule has 0 spiro atoms. The molecule has 2 aliphatic rings. The van der Waals surface area contributed by atoms with Gasteiger partial charge in [-0.3, -0.25) is 0 Å². The Labute approximate surface area is 86.0 Å². The fourth-order valence-corrected chi connectivity index (χ4v) is 1.82. The van der Waals surface area contributed by atoms with Crippen LogP contribution in [0.3, 0.4) is 0 Å². The second-order valence-corrected chi connectivity index (χ2v) is 3.90. The molecule has 0 aromatic carbocycles. The summed E-state index contributed by atoms with van der Waals surface area (Å²) in [6, 6.07) is 0. The Kier molecular flexibility index (Phi) is 2.83. The summed E-state index contributed by atoms with van der Waals surface area (Å²) in [6.45, 7) is 2.29. The molecular weight excluding hydrogens is 168 g/mol. The summed E-state index contributed by atoms with van der Waals surface area (Å²) in [5.41, 5.74) is 2.84. The van der Waals surface area contributed by atoms with Gasteiger partial charge in [-0.1, -0.05) is 55.5 Å². The van der Waals surface area contributed by atoms with Crippen LogP contribution in [0.2, 0.25) is 0 Å². The zero-order valence-corrected chi connectivity index (χ0v) is 8.61. The molecule has 0 saturated carbocycles. The van der Waals surface area contributed by atoms with Gasteiger partial charge in [-0.2, -0.15) is 0 Å². The topological polar surface area (TPSA) is 0 Å². The van der Waals surface area contributed by atoms with Crippen molar-refractivity contribution in [3.63, 3.8) is 0 Å². The molecule has 1 unspecified atom stereocenters. The highest BCUT2D eigenvalue weighted by molar-refractivity contribution is 5.40. The van der Waals surface area contributed by atoms with Crippen molar-refractivity contribution in [3.05, 3.63) is 59.8 Å². The Bertz CT molecular complexity index is 334. The molecule has 0 amide bonds. The summed E-state index contributed by atoms with van der Waals surface area (Å²) >= 11 is 0. The van der Waals surface area contributed by atoms with E-state index in [-0.39, 0.29) is 0 Å². The predicted octanol–water partition coefficient (Wildman–Crippen LogP) is 3.95. The Balaban J connectivity index is 1.91.